The fourth-order valence-electron chi connectivity index (χ4n) is 1.90. The maximum Gasteiger partial charge on any atom is 0.271 e. The zero-order chi connectivity index (χ0) is 17.0. The van der Waals surface area contributed by atoms with E-state index in [1.165, 1.54) is 17.0 Å². The van der Waals surface area contributed by atoms with Crippen molar-refractivity contribution in [3.05, 3.63) is 47.3 Å². The summed E-state index contributed by atoms with van der Waals surface area (Å²) in [5.74, 6) is -0.208. The molecule has 0 fully saturated rings. The molecule has 24 heavy (non-hydrogen) atoms. The van der Waals surface area contributed by atoms with Crippen LogP contribution in [0.3, 0.4) is 0 Å². The van der Waals surface area contributed by atoms with Gasteiger partial charge in [-0.3, -0.25) is 9.52 Å². The summed E-state index contributed by atoms with van der Waals surface area (Å²) < 4.78 is 27.1. The summed E-state index contributed by atoms with van der Waals surface area (Å²) in [7, 11) is -1.96. The Morgan fingerprint density at radius 3 is 2.62 bits per heavy atom. The van der Waals surface area contributed by atoms with Crippen LogP contribution < -0.4 is 10.5 Å². The second kappa shape index (κ2) is 8.48. The summed E-state index contributed by atoms with van der Waals surface area (Å²) in [6.07, 6.45) is 0. The smallest absolute Gasteiger partial charge is 0.271 e. The van der Waals surface area contributed by atoms with Crippen molar-refractivity contribution in [3.8, 4) is 0 Å². The minimum absolute atomic E-state index is 0. The molecule has 0 aliphatic carbocycles. The number of thiophene rings is 1. The van der Waals surface area contributed by atoms with Gasteiger partial charge < -0.3 is 10.6 Å². The monoisotopic (exact) mass is 389 g/mol. The Balaban J connectivity index is 0.00000288. The Hall–Kier alpha value is -1.61. The molecule has 0 saturated heterocycles. The number of rotatable bonds is 6. The van der Waals surface area contributed by atoms with E-state index in [9.17, 15) is 13.2 Å². The van der Waals surface area contributed by atoms with E-state index < -0.39 is 10.0 Å². The normalized spacial score (nSPS) is 12.1. The van der Waals surface area contributed by atoms with Crippen molar-refractivity contribution in [1.82, 2.24) is 4.90 Å². The quantitative estimate of drug-likeness (QED) is 0.793. The number of nitrogens with one attached hydrogen (secondary N) is 1. The Labute approximate surface area is 152 Å². The SMILES string of the molecule is CC(CN)N(C)C(=O)c1cccc(NS(=O)(=O)c2cccs2)c1.Cl. The second-order valence-corrected chi connectivity index (χ2v) is 7.98. The molecule has 0 aliphatic heterocycles. The molecule has 1 heterocycles. The fraction of sp³-hybridized carbons (Fsp3) is 0.267. The van der Waals surface area contributed by atoms with Gasteiger partial charge in [0.25, 0.3) is 15.9 Å². The van der Waals surface area contributed by atoms with Crippen LogP contribution in [0.4, 0.5) is 5.69 Å². The van der Waals surface area contributed by atoms with Crippen LogP contribution in [0.1, 0.15) is 17.3 Å². The Morgan fingerprint density at radius 2 is 2.04 bits per heavy atom. The lowest BCUT2D eigenvalue weighted by molar-refractivity contribution is 0.0748. The van der Waals surface area contributed by atoms with Gasteiger partial charge in [-0.05, 0) is 36.6 Å². The van der Waals surface area contributed by atoms with Crippen LogP contribution in [0.2, 0.25) is 0 Å². The number of anilines is 1. The number of carbonyl (C=O) groups is 1. The molecule has 9 heteroatoms. The van der Waals surface area contributed by atoms with Crippen molar-refractivity contribution in [2.24, 2.45) is 5.73 Å². The minimum Gasteiger partial charge on any atom is -0.338 e. The molecule has 0 aliphatic rings. The molecule has 0 bridgehead atoms. The number of carbonyl (C=O) groups excluding carboxylic acids is 1. The van der Waals surface area contributed by atoms with Crippen LogP contribution >= 0.6 is 23.7 Å². The van der Waals surface area contributed by atoms with E-state index >= 15 is 0 Å². The Kier molecular flexibility index (Phi) is 7.22. The topological polar surface area (TPSA) is 92.5 Å². The fourth-order valence-corrected chi connectivity index (χ4v) is 3.94. The minimum atomic E-state index is -3.63. The molecule has 132 valence electrons. The van der Waals surface area contributed by atoms with Gasteiger partial charge in [-0.1, -0.05) is 12.1 Å². The van der Waals surface area contributed by atoms with Gasteiger partial charge in [0, 0.05) is 30.9 Å². The molecule has 1 amide bonds. The number of hydrogen-bond donors (Lipinski definition) is 2. The van der Waals surface area contributed by atoms with Crippen LogP contribution in [0, 0.1) is 0 Å². The third-order valence-electron chi connectivity index (χ3n) is 3.44. The standard InChI is InChI=1S/C15H19N3O3S2.ClH/c1-11(10-16)18(2)15(19)12-5-3-6-13(9-12)17-23(20,21)14-7-4-8-22-14;/h3-9,11,17H,10,16H2,1-2H3;1H. The highest BCUT2D eigenvalue weighted by Crippen LogP contribution is 2.21. The average Bonchev–Trinajstić information content (AvgIpc) is 3.08. The van der Waals surface area contributed by atoms with Gasteiger partial charge in [0.1, 0.15) is 4.21 Å². The summed E-state index contributed by atoms with van der Waals surface area (Å²) in [6.45, 7) is 2.20. The highest BCUT2D eigenvalue weighted by Gasteiger charge is 2.19. The van der Waals surface area contributed by atoms with Crippen LogP contribution in [0.25, 0.3) is 0 Å². The summed E-state index contributed by atoms with van der Waals surface area (Å²) in [5.41, 5.74) is 6.32. The highest BCUT2D eigenvalue weighted by atomic mass is 35.5. The molecule has 2 rings (SSSR count). The summed E-state index contributed by atoms with van der Waals surface area (Å²) in [6, 6.07) is 9.50. The molecule has 1 atom stereocenters. The zero-order valence-electron chi connectivity index (χ0n) is 13.3. The number of sulfonamides is 1. The third kappa shape index (κ3) is 4.70. The maximum atomic E-state index is 12.4. The van der Waals surface area contributed by atoms with E-state index in [1.54, 1.807) is 36.7 Å². The van der Waals surface area contributed by atoms with E-state index in [0.29, 0.717) is 17.8 Å². The van der Waals surface area contributed by atoms with E-state index in [1.807, 2.05) is 6.92 Å². The number of halogens is 1. The molecule has 3 N–H and O–H groups in total. The van der Waals surface area contributed by atoms with Crippen molar-refractivity contribution in [3.63, 3.8) is 0 Å². The van der Waals surface area contributed by atoms with Crippen LogP contribution in [-0.2, 0) is 10.0 Å². The van der Waals surface area contributed by atoms with Gasteiger partial charge in [-0.2, -0.15) is 0 Å². The molecular formula is C15H20ClN3O3S2. The van der Waals surface area contributed by atoms with Crippen LogP contribution in [0.15, 0.2) is 46.0 Å². The van der Waals surface area contributed by atoms with Crippen LogP contribution in [-0.4, -0.2) is 38.9 Å². The van der Waals surface area contributed by atoms with Gasteiger partial charge in [0.15, 0.2) is 0 Å². The first-order valence-electron chi connectivity index (χ1n) is 6.99. The van der Waals surface area contributed by atoms with Gasteiger partial charge in [-0.15, -0.1) is 23.7 Å². The predicted octanol–water partition coefficient (Wildman–Crippen LogP) is 2.39. The number of nitrogens with two attached hydrogens (primary N) is 1. The van der Waals surface area contributed by atoms with Crippen molar-refractivity contribution in [1.29, 1.82) is 0 Å². The lowest BCUT2D eigenvalue weighted by Crippen LogP contribution is -2.39. The van der Waals surface area contributed by atoms with Crippen molar-refractivity contribution >= 4 is 45.4 Å². The first-order chi connectivity index (χ1) is 10.8. The lowest BCUT2D eigenvalue weighted by Gasteiger charge is -2.23. The molecule has 6 nitrogen and oxygen atoms in total. The number of amides is 1. The molecule has 1 aromatic heterocycles. The first-order valence-corrected chi connectivity index (χ1v) is 9.35. The summed E-state index contributed by atoms with van der Waals surface area (Å²) in [5, 5.41) is 1.69. The number of likely N-dealkylation sites (N-methyl/N-ethyl adjacent to an activating group) is 1. The summed E-state index contributed by atoms with van der Waals surface area (Å²) >= 11 is 1.13. The largest absolute Gasteiger partial charge is 0.338 e. The van der Waals surface area contributed by atoms with Gasteiger partial charge in [0.05, 0.1) is 0 Å². The van der Waals surface area contributed by atoms with E-state index in [-0.39, 0.29) is 28.6 Å². The zero-order valence-corrected chi connectivity index (χ0v) is 15.7. The molecule has 0 radical (unpaired) electrons. The molecule has 0 saturated carbocycles. The lowest BCUT2D eigenvalue weighted by atomic mass is 10.1. The molecule has 2 aromatic rings. The molecule has 0 spiro atoms. The van der Waals surface area contributed by atoms with Crippen molar-refractivity contribution in [2.75, 3.05) is 18.3 Å². The molecular weight excluding hydrogens is 370 g/mol. The molecule has 1 aromatic carbocycles. The average molecular weight is 390 g/mol. The van der Waals surface area contributed by atoms with Crippen LogP contribution in [0.5, 0.6) is 0 Å². The van der Waals surface area contributed by atoms with E-state index in [4.69, 9.17) is 5.73 Å². The second-order valence-electron chi connectivity index (χ2n) is 5.12. The van der Waals surface area contributed by atoms with Crippen molar-refractivity contribution < 1.29 is 13.2 Å². The third-order valence-corrected chi connectivity index (χ3v) is 6.22. The van der Waals surface area contributed by atoms with Gasteiger partial charge in [0.2, 0.25) is 0 Å². The Morgan fingerprint density at radius 1 is 1.33 bits per heavy atom. The molecule has 1 unspecified atom stereocenters. The highest BCUT2D eigenvalue weighted by molar-refractivity contribution is 7.94. The van der Waals surface area contributed by atoms with Gasteiger partial charge in [-0.25, -0.2) is 8.42 Å². The Bertz CT molecular complexity index is 779. The first kappa shape index (κ1) is 20.4. The van der Waals surface area contributed by atoms with E-state index in [2.05, 4.69) is 4.72 Å². The van der Waals surface area contributed by atoms with E-state index in [0.717, 1.165) is 11.3 Å². The predicted molar refractivity (Wildman–Crippen MR) is 99.4 cm³/mol. The van der Waals surface area contributed by atoms with Gasteiger partial charge >= 0.3 is 0 Å². The number of nitrogens with zero attached hydrogens (tertiary/aromatic N) is 1. The van der Waals surface area contributed by atoms with Crippen molar-refractivity contribution in [2.45, 2.75) is 17.2 Å². The number of hydrogen-bond acceptors (Lipinski definition) is 5. The number of benzene rings is 1. The maximum absolute atomic E-state index is 12.4. The summed E-state index contributed by atoms with van der Waals surface area (Å²) in [4.78, 5) is 13.9.